The second-order valence-electron chi connectivity index (χ2n) is 2.27. The number of H-pyrrole nitrogens is 1. The maximum Gasteiger partial charge on any atom is 0.103 e. The Bertz CT molecular complexity index is 244. The smallest absolute Gasteiger partial charge is 0.103 e. The zero-order chi connectivity index (χ0) is 7.56. The van der Waals surface area contributed by atoms with E-state index in [4.69, 9.17) is 18.0 Å². The first kappa shape index (κ1) is 7.44. The van der Waals surface area contributed by atoms with Crippen LogP contribution in [0, 0.1) is 4.64 Å². The lowest BCUT2D eigenvalue weighted by Gasteiger charge is -2.02. The molecule has 10 heavy (non-hydrogen) atoms. The van der Waals surface area contributed by atoms with Gasteiger partial charge in [0.15, 0.2) is 0 Å². The molecule has 0 aliphatic carbocycles. The Hall–Kier alpha value is -0.670. The van der Waals surface area contributed by atoms with E-state index in [2.05, 4.69) is 4.98 Å². The molecule has 3 N–H and O–H groups in total. The largest absolute Gasteiger partial charge is 0.353 e. The van der Waals surface area contributed by atoms with Gasteiger partial charge in [-0.15, -0.1) is 0 Å². The van der Waals surface area contributed by atoms with E-state index in [1.54, 1.807) is 0 Å². The highest BCUT2D eigenvalue weighted by molar-refractivity contribution is 7.71. The molecule has 0 aromatic carbocycles. The SMILES string of the molecule is CC(N)c1ccc(=S)[nH]c1. The number of nitrogens with two attached hydrogens (primary N) is 1. The Morgan fingerprint density at radius 1 is 1.60 bits per heavy atom. The molecule has 3 heteroatoms. The van der Waals surface area contributed by atoms with Crippen LogP contribution in [0.3, 0.4) is 0 Å². The van der Waals surface area contributed by atoms with Crippen LogP contribution in [0.4, 0.5) is 0 Å². The van der Waals surface area contributed by atoms with Gasteiger partial charge in [0.25, 0.3) is 0 Å². The molecule has 0 aliphatic rings. The minimum absolute atomic E-state index is 0.0758. The third-order valence-electron chi connectivity index (χ3n) is 1.33. The highest BCUT2D eigenvalue weighted by Gasteiger charge is 1.95. The van der Waals surface area contributed by atoms with E-state index in [1.807, 2.05) is 25.3 Å². The molecule has 1 atom stereocenters. The fourth-order valence-electron chi connectivity index (χ4n) is 0.706. The first-order valence-corrected chi connectivity index (χ1v) is 3.55. The predicted octanol–water partition coefficient (Wildman–Crippen LogP) is 1.76. The van der Waals surface area contributed by atoms with Gasteiger partial charge in [-0.1, -0.05) is 18.3 Å². The lowest BCUT2D eigenvalue weighted by atomic mass is 10.2. The summed E-state index contributed by atoms with van der Waals surface area (Å²) in [4.78, 5) is 2.92. The Morgan fingerprint density at radius 3 is 2.70 bits per heavy atom. The van der Waals surface area contributed by atoms with Crippen LogP contribution in [0.25, 0.3) is 0 Å². The maximum atomic E-state index is 5.61. The summed E-state index contributed by atoms with van der Waals surface area (Å²) in [6.07, 6.45) is 1.84. The van der Waals surface area contributed by atoms with Gasteiger partial charge in [0.2, 0.25) is 0 Å². The lowest BCUT2D eigenvalue weighted by molar-refractivity contribution is 0.811. The average molecular weight is 154 g/mol. The van der Waals surface area contributed by atoms with E-state index in [-0.39, 0.29) is 6.04 Å². The first-order valence-electron chi connectivity index (χ1n) is 3.14. The molecule has 0 saturated carbocycles. The number of hydrogen-bond acceptors (Lipinski definition) is 2. The summed E-state index contributed by atoms with van der Waals surface area (Å²) in [5.74, 6) is 0. The van der Waals surface area contributed by atoms with Crippen molar-refractivity contribution >= 4 is 12.2 Å². The molecular weight excluding hydrogens is 144 g/mol. The van der Waals surface area contributed by atoms with Gasteiger partial charge in [-0.05, 0) is 18.6 Å². The number of hydrogen-bond donors (Lipinski definition) is 2. The highest BCUT2D eigenvalue weighted by atomic mass is 32.1. The quantitative estimate of drug-likeness (QED) is 0.605. The summed E-state index contributed by atoms with van der Waals surface area (Å²) in [5.41, 5.74) is 6.69. The van der Waals surface area contributed by atoms with Crippen molar-refractivity contribution in [3.63, 3.8) is 0 Å². The number of pyridine rings is 1. The normalized spacial score (nSPS) is 13.0. The van der Waals surface area contributed by atoms with E-state index >= 15 is 0 Å². The maximum absolute atomic E-state index is 5.61. The van der Waals surface area contributed by atoms with Crippen LogP contribution in [-0.2, 0) is 0 Å². The predicted molar refractivity (Wildman–Crippen MR) is 44.2 cm³/mol. The molecule has 0 spiro atoms. The van der Waals surface area contributed by atoms with Crippen LogP contribution < -0.4 is 5.73 Å². The average Bonchev–Trinajstić information content (AvgIpc) is 1.88. The van der Waals surface area contributed by atoms with Crippen molar-refractivity contribution in [3.8, 4) is 0 Å². The molecule has 2 nitrogen and oxygen atoms in total. The number of rotatable bonds is 1. The summed E-state index contributed by atoms with van der Waals surface area (Å²) in [7, 11) is 0. The Labute approximate surface area is 65.1 Å². The number of nitrogens with one attached hydrogen (secondary N) is 1. The van der Waals surface area contributed by atoms with Crippen molar-refractivity contribution < 1.29 is 0 Å². The molecule has 54 valence electrons. The molecule has 1 heterocycles. The summed E-state index contributed by atoms with van der Waals surface area (Å²) >= 11 is 4.86. The fourth-order valence-corrected chi connectivity index (χ4v) is 0.833. The molecule has 0 bridgehead atoms. The molecule has 1 rings (SSSR count). The van der Waals surface area contributed by atoms with Crippen LogP contribution in [0.15, 0.2) is 18.3 Å². The summed E-state index contributed by atoms with van der Waals surface area (Å²) in [6.45, 7) is 1.94. The van der Waals surface area contributed by atoms with Gasteiger partial charge in [-0.25, -0.2) is 0 Å². The lowest BCUT2D eigenvalue weighted by Crippen LogP contribution is -2.04. The molecule has 1 aromatic heterocycles. The molecule has 0 saturated heterocycles. The molecular formula is C7H10N2S. The summed E-state index contributed by atoms with van der Waals surface area (Å²) in [6, 6.07) is 3.85. The summed E-state index contributed by atoms with van der Waals surface area (Å²) in [5, 5.41) is 0. The van der Waals surface area contributed by atoms with Gasteiger partial charge in [-0.2, -0.15) is 0 Å². The van der Waals surface area contributed by atoms with E-state index in [9.17, 15) is 0 Å². The Balaban J connectivity index is 3.00. The van der Waals surface area contributed by atoms with Crippen molar-refractivity contribution in [2.45, 2.75) is 13.0 Å². The van der Waals surface area contributed by atoms with Crippen LogP contribution in [0.1, 0.15) is 18.5 Å². The minimum atomic E-state index is 0.0758. The number of aromatic amines is 1. The molecule has 0 radical (unpaired) electrons. The summed E-state index contributed by atoms with van der Waals surface area (Å²) < 4.78 is 0.740. The minimum Gasteiger partial charge on any atom is -0.353 e. The Morgan fingerprint density at radius 2 is 2.30 bits per heavy atom. The van der Waals surface area contributed by atoms with E-state index in [0.29, 0.717) is 0 Å². The van der Waals surface area contributed by atoms with Gasteiger partial charge >= 0.3 is 0 Å². The zero-order valence-corrected chi connectivity index (χ0v) is 6.61. The second-order valence-corrected chi connectivity index (χ2v) is 2.71. The standard InChI is InChI=1S/C7H10N2S/c1-5(8)6-2-3-7(10)9-4-6/h2-5H,8H2,1H3,(H,9,10). The van der Waals surface area contributed by atoms with E-state index in [0.717, 1.165) is 10.2 Å². The third kappa shape index (κ3) is 1.65. The van der Waals surface area contributed by atoms with Gasteiger partial charge < -0.3 is 10.7 Å². The van der Waals surface area contributed by atoms with Gasteiger partial charge in [-0.3, -0.25) is 0 Å². The van der Waals surface area contributed by atoms with Gasteiger partial charge in [0.1, 0.15) is 4.64 Å². The second kappa shape index (κ2) is 2.94. The van der Waals surface area contributed by atoms with Crippen LogP contribution in [0.5, 0.6) is 0 Å². The van der Waals surface area contributed by atoms with Crippen LogP contribution in [-0.4, -0.2) is 4.98 Å². The molecule has 0 aliphatic heterocycles. The number of aromatic nitrogens is 1. The van der Waals surface area contributed by atoms with Crippen molar-refractivity contribution in [1.29, 1.82) is 0 Å². The van der Waals surface area contributed by atoms with Crippen molar-refractivity contribution in [2.24, 2.45) is 5.73 Å². The Kier molecular flexibility index (Phi) is 2.19. The molecule has 1 aromatic rings. The molecule has 1 unspecified atom stereocenters. The third-order valence-corrected chi connectivity index (χ3v) is 1.59. The zero-order valence-electron chi connectivity index (χ0n) is 5.79. The van der Waals surface area contributed by atoms with Crippen LogP contribution in [0.2, 0.25) is 0 Å². The first-order chi connectivity index (χ1) is 4.70. The molecule has 0 fully saturated rings. The van der Waals surface area contributed by atoms with Crippen molar-refractivity contribution in [2.75, 3.05) is 0 Å². The van der Waals surface area contributed by atoms with Gasteiger partial charge in [0, 0.05) is 12.2 Å². The van der Waals surface area contributed by atoms with E-state index < -0.39 is 0 Å². The highest BCUT2D eigenvalue weighted by Crippen LogP contribution is 2.05. The van der Waals surface area contributed by atoms with E-state index in [1.165, 1.54) is 0 Å². The fraction of sp³-hybridized carbons (Fsp3) is 0.286. The van der Waals surface area contributed by atoms with Crippen molar-refractivity contribution in [1.82, 2.24) is 4.98 Å². The van der Waals surface area contributed by atoms with Crippen LogP contribution >= 0.6 is 12.2 Å². The van der Waals surface area contributed by atoms with Gasteiger partial charge in [0.05, 0.1) is 0 Å². The van der Waals surface area contributed by atoms with Crippen molar-refractivity contribution in [3.05, 3.63) is 28.5 Å². The monoisotopic (exact) mass is 154 g/mol. The molecule has 0 amide bonds. The topological polar surface area (TPSA) is 41.8 Å².